The van der Waals surface area contributed by atoms with Crippen LogP contribution in [0.1, 0.15) is 36.6 Å². The van der Waals surface area contributed by atoms with Crippen LogP contribution < -0.4 is 5.32 Å². The van der Waals surface area contributed by atoms with Crippen molar-refractivity contribution in [3.8, 4) is 0 Å². The monoisotopic (exact) mass is 381 g/mol. The third kappa shape index (κ3) is 2.95. The van der Waals surface area contributed by atoms with Crippen LogP contribution in [0.2, 0.25) is 0 Å². The minimum atomic E-state index is 0.108. The molecule has 1 aromatic heterocycles. The van der Waals surface area contributed by atoms with Crippen LogP contribution in [0, 0.1) is 0 Å². The summed E-state index contributed by atoms with van der Waals surface area (Å²) in [5, 5.41) is 3.41. The molecule has 1 aliphatic rings. The molecule has 1 atom stereocenters. The Bertz CT molecular complexity index is 365. The smallest absolute Gasteiger partial charge is 0.0843 e. The van der Waals surface area contributed by atoms with Crippen LogP contribution in [0.4, 0.5) is 0 Å². The molecule has 0 radical (unpaired) electrons. The van der Waals surface area contributed by atoms with Crippen LogP contribution in [0.15, 0.2) is 14.3 Å². The Balaban J connectivity index is 2.11. The quantitative estimate of drug-likeness (QED) is 0.809. The number of nitrogens with one attached hydrogen (secondary N) is 1. The van der Waals surface area contributed by atoms with Gasteiger partial charge in [-0.1, -0.05) is 0 Å². The number of thiophene rings is 1. The van der Waals surface area contributed by atoms with Crippen LogP contribution >= 0.6 is 43.2 Å². The molecule has 0 spiro atoms. The molecule has 0 aromatic carbocycles. The highest BCUT2D eigenvalue weighted by Gasteiger charge is 2.39. The highest BCUT2D eigenvalue weighted by molar-refractivity contribution is 9.13. The van der Waals surface area contributed by atoms with Crippen molar-refractivity contribution in [1.82, 2.24) is 5.32 Å². The van der Waals surface area contributed by atoms with Gasteiger partial charge in [0, 0.05) is 22.5 Å². The molecular weight excluding hydrogens is 366 g/mol. The number of methoxy groups -OCH3 is 1. The Labute approximate surface area is 123 Å². The lowest BCUT2D eigenvalue weighted by molar-refractivity contribution is -0.0832. The van der Waals surface area contributed by atoms with Crippen molar-refractivity contribution in [3.63, 3.8) is 0 Å². The van der Waals surface area contributed by atoms with E-state index in [9.17, 15) is 0 Å². The number of rotatable bonds is 5. The topological polar surface area (TPSA) is 21.3 Å². The first kappa shape index (κ1) is 14.0. The molecule has 2 rings (SSSR count). The molecule has 1 aromatic rings. The third-order valence-corrected chi connectivity index (χ3v) is 7.00. The maximum Gasteiger partial charge on any atom is 0.0843 e. The van der Waals surface area contributed by atoms with Crippen molar-refractivity contribution >= 4 is 43.2 Å². The van der Waals surface area contributed by atoms with Gasteiger partial charge < -0.3 is 10.1 Å². The van der Waals surface area contributed by atoms with E-state index < -0.39 is 0 Å². The number of ether oxygens (including phenoxy) is 1. The van der Waals surface area contributed by atoms with Gasteiger partial charge in [-0.05, 0) is 70.7 Å². The van der Waals surface area contributed by atoms with Gasteiger partial charge in [-0.15, -0.1) is 11.3 Å². The van der Waals surface area contributed by atoms with E-state index in [1.165, 1.54) is 24.1 Å². The molecule has 1 unspecified atom stereocenters. The van der Waals surface area contributed by atoms with Gasteiger partial charge in [0.05, 0.1) is 9.39 Å². The molecule has 96 valence electrons. The molecule has 0 aliphatic heterocycles. The van der Waals surface area contributed by atoms with E-state index >= 15 is 0 Å². The van der Waals surface area contributed by atoms with Gasteiger partial charge in [-0.25, -0.2) is 0 Å². The van der Waals surface area contributed by atoms with Crippen LogP contribution in [-0.4, -0.2) is 19.8 Å². The van der Waals surface area contributed by atoms with E-state index in [1.807, 2.05) is 14.2 Å². The Morgan fingerprint density at radius 3 is 2.59 bits per heavy atom. The summed E-state index contributed by atoms with van der Waals surface area (Å²) in [6, 6.07) is 2.57. The summed E-state index contributed by atoms with van der Waals surface area (Å²) in [5.74, 6) is 0. The Hall–Kier alpha value is 0.580. The fourth-order valence-corrected chi connectivity index (χ4v) is 4.51. The summed E-state index contributed by atoms with van der Waals surface area (Å²) >= 11 is 8.88. The Morgan fingerprint density at radius 1 is 1.53 bits per heavy atom. The van der Waals surface area contributed by atoms with Gasteiger partial charge >= 0.3 is 0 Å². The lowest BCUT2D eigenvalue weighted by atomic mass is 9.75. The second-order valence-corrected chi connectivity index (χ2v) is 7.81. The molecule has 0 saturated heterocycles. The fourth-order valence-electron chi connectivity index (χ4n) is 2.31. The van der Waals surface area contributed by atoms with E-state index in [0.717, 1.165) is 14.7 Å². The molecule has 17 heavy (non-hydrogen) atoms. The van der Waals surface area contributed by atoms with Gasteiger partial charge in [0.15, 0.2) is 0 Å². The lowest BCUT2D eigenvalue weighted by Crippen LogP contribution is -2.42. The lowest BCUT2D eigenvalue weighted by Gasteiger charge is -2.42. The molecule has 1 aliphatic carbocycles. The molecule has 0 bridgehead atoms. The first-order valence-electron chi connectivity index (χ1n) is 5.77. The van der Waals surface area contributed by atoms with E-state index in [1.54, 1.807) is 11.3 Å². The van der Waals surface area contributed by atoms with Crippen molar-refractivity contribution in [3.05, 3.63) is 19.2 Å². The molecular formula is C12H17Br2NOS. The van der Waals surface area contributed by atoms with E-state index in [-0.39, 0.29) is 5.60 Å². The maximum absolute atomic E-state index is 5.71. The SMILES string of the molecule is CNC(CC1(OC)CCC1)c1cc(Br)c(Br)s1. The van der Waals surface area contributed by atoms with Crippen molar-refractivity contribution < 1.29 is 4.74 Å². The van der Waals surface area contributed by atoms with Crippen molar-refractivity contribution in [2.45, 2.75) is 37.3 Å². The van der Waals surface area contributed by atoms with Crippen LogP contribution in [-0.2, 0) is 4.74 Å². The Morgan fingerprint density at radius 2 is 2.24 bits per heavy atom. The summed E-state index contributed by atoms with van der Waals surface area (Å²) in [7, 11) is 3.86. The molecule has 2 nitrogen and oxygen atoms in total. The molecule has 1 fully saturated rings. The van der Waals surface area contributed by atoms with Gasteiger partial charge in [-0.3, -0.25) is 0 Å². The average Bonchev–Trinajstić information content (AvgIpc) is 2.59. The third-order valence-electron chi connectivity index (χ3n) is 3.63. The molecule has 1 heterocycles. The van der Waals surface area contributed by atoms with Crippen molar-refractivity contribution in [1.29, 1.82) is 0 Å². The first-order valence-corrected chi connectivity index (χ1v) is 8.17. The predicted octanol–water partition coefficient (Wildman–Crippen LogP) is 4.49. The summed E-state index contributed by atoms with van der Waals surface area (Å²) < 4.78 is 8.00. The summed E-state index contributed by atoms with van der Waals surface area (Å²) in [5.41, 5.74) is 0.108. The zero-order valence-corrected chi connectivity index (χ0v) is 14.0. The largest absolute Gasteiger partial charge is 0.378 e. The zero-order chi connectivity index (χ0) is 12.5. The Kier molecular flexibility index (Phi) is 4.69. The summed E-state index contributed by atoms with van der Waals surface area (Å²) in [6.07, 6.45) is 4.73. The first-order chi connectivity index (χ1) is 8.10. The zero-order valence-electron chi connectivity index (χ0n) is 10.1. The van der Waals surface area contributed by atoms with Crippen LogP contribution in [0.3, 0.4) is 0 Å². The van der Waals surface area contributed by atoms with Crippen molar-refractivity contribution in [2.75, 3.05) is 14.2 Å². The average molecular weight is 383 g/mol. The normalized spacial score (nSPS) is 20.0. The van der Waals surface area contributed by atoms with E-state index in [2.05, 4.69) is 43.2 Å². The van der Waals surface area contributed by atoms with Gasteiger partial charge in [0.25, 0.3) is 0 Å². The van der Waals surface area contributed by atoms with Crippen LogP contribution in [0.5, 0.6) is 0 Å². The summed E-state index contributed by atoms with van der Waals surface area (Å²) in [6.45, 7) is 0. The van der Waals surface area contributed by atoms with Gasteiger partial charge in [0.2, 0.25) is 0 Å². The minimum Gasteiger partial charge on any atom is -0.378 e. The molecule has 1 N–H and O–H groups in total. The van der Waals surface area contributed by atoms with Gasteiger partial charge in [-0.2, -0.15) is 0 Å². The van der Waals surface area contributed by atoms with E-state index in [4.69, 9.17) is 4.74 Å². The van der Waals surface area contributed by atoms with Crippen molar-refractivity contribution in [2.24, 2.45) is 0 Å². The molecule has 1 saturated carbocycles. The second kappa shape index (κ2) is 5.70. The summed E-state index contributed by atoms with van der Waals surface area (Å²) in [4.78, 5) is 1.36. The second-order valence-electron chi connectivity index (χ2n) is 4.56. The van der Waals surface area contributed by atoms with Crippen LogP contribution in [0.25, 0.3) is 0 Å². The molecule has 0 amide bonds. The molecule has 5 heteroatoms. The predicted molar refractivity (Wildman–Crippen MR) is 79.7 cm³/mol. The number of halogens is 2. The number of hydrogen-bond acceptors (Lipinski definition) is 3. The highest BCUT2D eigenvalue weighted by atomic mass is 79.9. The standard InChI is InChI=1S/C12H17Br2NOS/c1-15-9(7-12(16-2)4-3-5-12)10-6-8(13)11(14)17-10/h6,9,15H,3-5,7H2,1-2H3. The van der Waals surface area contributed by atoms with E-state index in [0.29, 0.717) is 6.04 Å². The van der Waals surface area contributed by atoms with Gasteiger partial charge in [0.1, 0.15) is 0 Å². The number of hydrogen-bond donors (Lipinski definition) is 1. The minimum absolute atomic E-state index is 0.108. The highest BCUT2D eigenvalue weighted by Crippen LogP contribution is 2.44. The maximum atomic E-state index is 5.71. The fraction of sp³-hybridized carbons (Fsp3) is 0.667.